The Bertz CT molecular complexity index is 70.1. The molecule has 0 atom stereocenters. The van der Waals surface area contributed by atoms with E-state index in [-0.39, 0.29) is 12.4 Å². The van der Waals surface area contributed by atoms with E-state index in [1.54, 1.807) is 6.42 Å². The standard InChI is InChI=1S/C5H5O2/c6-5-2-1-3-7-4-5/h1-3H,4H2. The van der Waals surface area contributed by atoms with Crippen LogP contribution in [0, 0.1) is 19.4 Å². The van der Waals surface area contributed by atoms with Gasteiger partial charge in [-0.15, -0.1) is 0 Å². The normalized spacial score (nSPS) is 22.6. The highest BCUT2D eigenvalue weighted by molar-refractivity contribution is 5.90. The van der Waals surface area contributed by atoms with Crippen molar-refractivity contribution in [2.24, 2.45) is 0 Å². The van der Waals surface area contributed by atoms with Crippen molar-refractivity contribution in [1.82, 2.24) is 0 Å². The first-order valence-corrected chi connectivity index (χ1v) is 2.04. The fourth-order valence-corrected chi connectivity index (χ4v) is 0.381. The average molecular weight is 97.1 g/mol. The molecule has 3 radical (unpaired) electrons. The molecule has 0 bridgehead atoms. The van der Waals surface area contributed by atoms with Crippen molar-refractivity contribution in [2.45, 2.75) is 0 Å². The Kier molecular flexibility index (Phi) is 1.42. The molecule has 7 heavy (non-hydrogen) atoms. The van der Waals surface area contributed by atoms with Crippen molar-refractivity contribution in [3.8, 4) is 0 Å². The highest BCUT2D eigenvalue weighted by atomic mass is 16.5. The summed E-state index contributed by atoms with van der Waals surface area (Å²) in [6.45, 7) is 1.71. The zero-order valence-electron chi connectivity index (χ0n) is 3.76. The third-order valence-corrected chi connectivity index (χ3v) is 0.683. The van der Waals surface area contributed by atoms with Crippen molar-refractivity contribution in [2.75, 3.05) is 6.61 Å². The molecule has 1 rings (SSSR count). The SMILES string of the molecule is O=C1[CH][CH][CH]OC1. The maximum atomic E-state index is 10.2. The molecule has 0 aromatic carbocycles. The van der Waals surface area contributed by atoms with Crippen LogP contribution in [0.4, 0.5) is 0 Å². The second kappa shape index (κ2) is 2.07. The minimum absolute atomic E-state index is 0.0301. The summed E-state index contributed by atoms with van der Waals surface area (Å²) in [4.78, 5) is 10.2. The molecule has 0 aliphatic carbocycles. The molecular formula is C5H5O2. The Hall–Kier alpha value is -0.370. The van der Waals surface area contributed by atoms with Gasteiger partial charge in [-0.1, -0.05) is 0 Å². The van der Waals surface area contributed by atoms with E-state index < -0.39 is 0 Å². The molecule has 2 heteroatoms. The largest absolute Gasteiger partial charge is 0.367 e. The third kappa shape index (κ3) is 1.27. The average Bonchev–Trinajstić information content (AvgIpc) is 1.69. The van der Waals surface area contributed by atoms with E-state index in [9.17, 15) is 4.79 Å². The van der Waals surface area contributed by atoms with Gasteiger partial charge < -0.3 is 4.74 Å². The number of Topliss-reactive ketones (excluding diaryl/α,β-unsaturated/α-hetero) is 1. The fraction of sp³-hybridized carbons (Fsp3) is 0.200. The molecule has 1 aliphatic rings. The van der Waals surface area contributed by atoms with Crippen molar-refractivity contribution in [3.05, 3.63) is 19.4 Å². The molecule has 0 amide bonds. The summed E-state index contributed by atoms with van der Waals surface area (Å²) in [5, 5.41) is 0. The fourth-order valence-electron chi connectivity index (χ4n) is 0.381. The van der Waals surface area contributed by atoms with Crippen LogP contribution in [0.1, 0.15) is 0 Å². The first kappa shape index (κ1) is 4.78. The van der Waals surface area contributed by atoms with E-state index in [2.05, 4.69) is 4.74 Å². The molecule has 1 heterocycles. The van der Waals surface area contributed by atoms with Crippen LogP contribution in [0.15, 0.2) is 0 Å². The molecule has 1 fully saturated rings. The molecule has 1 saturated heterocycles. The molecule has 0 N–H and O–H groups in total. The number of carbonyl (C=O) groups is 1. The van der Waals surface area contributed by atoms with Gasteiger partial charge in [0.1, 0.15) is 6.61 Å². The Morgan fingerprint density at radius 1 is 1.71 bits per heavy atom. The number of ketones is 1. The molecule has 0 aromatic rings. The second-order valence-corrected chi connectivity index (χ2v) is 1.27. The number of hydrogen-bond acceptors (Lipinski definition) is 2. The Morgan fingerprint density at radius 3 is 2.86 bits per heavy atom. The van der Waals surface area contributed by atoms with Gasteiger partial charge in [0, 0.05) is 12.8 Å². The van der Waals surface area contributed by atoms with Gasteiger partial charge in [0.15, 0.2) is 5.78 Å². The predicted molar refractivity (Wildman–Crippen MR) is 23.9 cm³/mol. The van der Waals surface area contributed by atoms with E-state index in [0.717, 1.165) is 0 Å². The van der Waals surface area contributed by atoms with Crippen LogP contribution < -0.4 is 0 Å². The first-order chi connectivity index (χ1) is 3.39. The van der Waals surface area contributed by atoms with Gasteiger partial charge in [0.2, 0.25) is 0 Å². The monoisotopic (exact) mass is 97.0 g/mol. The zero-order valence-corrected chi connectivity index (χ0v) is 3.76. The summed E-state index contributed by atoms with van der Waals surface area (Å²) in [6, 6.07) is 0. The number of carbonyl (C=O) groups excluding carboxylic acids is 1. The van der Waals surface area contributed by atoms with Crippen molar-refractivity contribution in [3.63, 3.8) is 0 Å². The Labute approximate surface area is 42.5 Å². The first-order valence-electron chi connectivity index (χ1n) is 2.04. The summed E-state index contributed by atoms with van der Waals surface area (Å²) < 4.78 is 4.62. The van der Waals surface area contributed by atoms with Crippen LogP contribution in [0.5, 0.6) is 0 Å². The van der Waals surface area contributed by atoms with Crippen LogP contribution in [0.3, 0.4) is 0 Å². The number of hydrogen-bond donors (Lipinski definition) is 0. The molecule has 0 aromatic heterocycles. The van der Waals surface area contributed by atoms with E-state index >= 15 is 0 Å². The van der Waals surface area contributed by atoms with Gasteiger partial charge >= 0.3 is 0 Å². The topological polar surface area (TPSA) is 26.3 Å². The van der Waals surface area contributed by atoms with Gasteiger partial charge in [0.05, 0.1) is 6.61 Å². The molecule has 37 valence electrons. The second-order valence-electron chi connectivity index (χ2n) is 1.27. The van der Waals surface area contributed by atoms with Crippen LogP contribution in [-0.2, 0) is 9.53 Å². The molecule has 2 nitrogen and oxygen atoms in total. The molecule has 0 spiro atoms. The summed E-state index contributed by atoms with van der Waals surface area (Å²) >= 11 is 0. The zero-order chi connectivity index (χ0) is 5.11. The summed E-state index contributed by atoms with van der Waals surface area (Å²) in [5.74, 6) is 0.0301. The number of ether oxygens (including phenoxy) is 1. The van der Waals surface area contributed by atoms with Gasteiger partial charge in [-0.05, 0) is 0 Å². The van der Waals surface area contributed by atoms with Crippen molar-refractivity contribution < 1.29 is 9.53 Å². The molecule has 1 aliphatic heterocycles. The minimum atomic E-state index is 0.0301. The van der Waals surface area contributed by atoms with Gasteiger partial charge in [-0.25, -0.2) is 0 Å². The Morgan fingerprint density at radius 2 is 2.57 bits per heavy atom. The van der Waals surface area contributed by atoms with Gasteiger partial charge in [0.25, 0.3) is 0 Å². The van der Waals surface area contributed by atoms with Crippen LogP contribution in [0.25, 0.3) is 0 Å². The lowest BCUT2D eigenvalue weighted by Gasteiger charge is -2.05. The molecule has 0 saturated carbocycles. The van der Waals surface area contributed by atoms with E-state index in [0.29, 0.717) is 0 Å². The lowest BCUT2D eigenvalue weighted by atomic mass is 10.2. The lowest BCUT2D eigenvalue weighted by molar-refractivity contribution is -0.120. The van der Waals surface area contributed by atoms with Crippen LogP contribution in [-0.4, -0.2) is 12.4 Å². The smallest absolute Gasteiger partial charge is 0.162 e. The number of rotatable bonds is 0. The third-order valence-electron chi connectivity index (χ3n) is 0.683. The van der Waals surface area contributed by atoms with Crippen molar-refractivity contribution >= 4 is 5.78 Å². The molecular weight excluding hydrogens is 92.1 g/mol. The van der Waals surface area contributed by atoms with Gasteiger partial charge in [-0.3, -0.25) is 4.79 Å². The quantitative estimate of drug-likeness (QED) is 0.430. The minimum Gasteiger partial charge on any atom is -0.367 e. The summed E-state index contributed by atoms with van der Waals surface area (Å²) in [6.07, 6.45) is 3.08. The maximum Gasteiger partial charge on any atom is 0.162 e. The van der Waals surface area contributed by atoms with Gasteiger partial charge in [-0.2, -0.15) is 0 Å². The van der Waals surface area contributed by atoms with E-state index in [4.69, 9.17) is 0 Å². The summed E-state index contributed by atoms with van der Waals surface area (Å²) in [5.41, 5.74) is 0. The van der Waals surface area contributed by atoms with E-state index in [1.807, 2.05) is 0 Å². The van der Waals surface area contributed by atoms with E-state index in [1.165, 1.54) is 13.0 Å². The summed E-state index contributed by atoms with van der Waals surface area (Å²) in [7, 11) is 0. The highest BCUT2D eigenvalue weighted by Gasteiger charge is 2.07. The maximum absolute atomic E-state index is 10.2. The van der Waals surface area contributed by atoms with Crippen LogP contribution >= 0.6 is 0 Å². The predicted octanol–water partition coefficient (Wildman–Crippen LogP) is 0.156. The lowest BCUT2D eigenvalue weighted by Crippen LogP contribution is -2.13. The van der Waals surface area contributed by atoms with Crippen molar-refractivity contribution in [1.29, 1.82) is 0 Å². The van der Waals surface area contributed by atoms with Crippen LogP contribution in [0.2, 0.25) is 0 Å². The Balaban J connectivity index is 2.25. The highest BCUT2D eigenvalue weighted by Crippen LogP contribution is 2.00. The molecule has 0 unspecified atom stereocenters.